The van der Waals surface area contributed by atoms with Crippen LogP contribution in [0.15, 0.2) is 27.4 Å². The second kappa shape index (κ2) is 7.19. The number of furan rings is 1. The van der Waals surface area contributed by atoms with E-state index in [1.165, 1.54) is 0 Å². The van der Waals surface area contributed by atoms with Crippen molar-refractivity contribution in [3.63, 3.8) is 0 Å². The highest BCUT2D eigenvalue weighted by Crippen LogP contribution is 2.26. The number of hydrogen-bond donors (Lipinski definition) is 1. The molecule has 0 radical (unpaired) electrons. The van der Waals surface area contributed by atoms with Crippen LogP contribution in [0.2, 0.25) is 0 Å². The van der Waals surface area contributed by atoms with Crippen molar-refractivity contribution in [3.05, 3.63) is 39.9 Å². The average Bonchev–Trinajstić information content (AvgIpc) is 3.00. The van der Waals surface area contributed by atoms with Gasteiger partial charge in [-0.3, -0.25) is 14.6 Å². The number of hydrogen-bond acceptors (Lipinski definition) is 6. The molecule has 0 unspecified atom stereocenters. The number of nitrogens with one attached hydrogen (secondary N) is 1. The first-order chi connectivity index (χ1) is 12.6. The van der Waals surface area contributed by atoms with Crippen molar-refractivity contribution in [2.24, 2.45) is 0 Å². The molecule has 0 atom stereocenters. The molecule has 2 aromatic heterocycles. The van der Waals surface area contributed by atoms with Crippen molar-refractivity contribution in [2.75, 3.05) is 46.4 Å². The molecule has 7 heteroatoms. The smallest absolute Gasteiger partial charge is 0.294 e. The second-order valence-corrected chi connectivity index (χ2v) is 6.90. The Morgan fingerprint density at radius 2 is 2.00 bits per heavy atom. The van der Waals surface area contributed by atoms with Crippen molar-refractivity contribution < 1.29 is 9.15 Å². The van der Waals surface area contributed by atoms with E-state index in [-0.39, 0.29) is 5.56 Å². The van der Waals surface area contributed by atoms with Gasteiger partial charge in [0.25, 0.3) is 5.56 Å². The van der Waals surface area contributed by atoms with Gasteiger partial charge in [0.2, 0.25) is 5.58 Å². The molecule has 1 N–H and O–H groups in total. The third-order valence-electron chi connectivity index (χ3n) is 4.98. The Morgan fingerprint density at radius 1 is 1.23 bits per heavy atom. The van der Waals surface area contributed by atoms with Crippen LogP contribution in [0.3, 0.4) is 0 Å². The van der Waals surface area contributed by atoms with Crippen molar-refractivity contribution in [3.8, 4) is 0 Å². The third kappa shape index (κ3) is 3.38. The van der Waals surface area contributed by atoms with E-state index in [0.29, 0.717) is 29.1 Å². The molecular formula is C19H24N4O3. The van der Waals surface area contributed by atoms with Gasteiger partial charge in [0.05, 0.1) is 13.2 Å². The molecule has 0 bridgehead atoms. The molecule has 3 aromatic rings. The van der Waals surface area contributed by atoms with Gasteiger partial charge in [-0.2, -0.15) is 0 Å². The van der Waals surface area contributed by atoms with E-state index in [2.05, 4.69) is 14.8 Å². The SMILES string of the molecule is COCCN1CCN(Cc2nc3c(oc4ccc(C)cc43)c(=O)[nH]2)CC1. The van der Waals surface area contributed by atoms with Gasteiger partial charge in [-0.25, -0.2) is 4.98 Å². The molecule has 26 heavy (non-hydrogen) atoms. The molecule has 1 aliphatic heterocycles. The molecular weight excluding hydrogens is 332 g/mol. The zero-order chi connectivity index (χ0) is 18.1. The van der Waals surface area contributed by atoms with Crippen LogP contribution in [0.5, 0.6) is 0 Å². The highest BCUT2D eigenvalue weighted by Gasteiger charge is 2.19. The monoisotopic (exact) mass is 356 g/mol. The molecule has 1 aromatic carbocycles. The van der Waals surface area contributed by atoms with Crippen molar-refractivity contribution in [1.29, 1.82) is 0 Å². The summed E-state index contributed by atoms with van der Waals surface area (Å²) >= 11 is 0. The van der Waals surface area contributed by atoms with Crippen LogP contribution < -0.4 is 5.56 Å². The van der Waals surface area contributed by atoms with Gasteiger partial charge in [-0.15, -0.1) is 0 Å². The van der Waals surface area contributed by atoms with Crippen LogP contribution in [-0.2, 0) is 11.3 Å². The van der Waals surface area contributed by atoms with Crippen molar-refractivity contribution in [2.45, 2.75) is 13.5 Å². The summed E-state index contributed by atoms with van der Waals surface area (Å²) in [4.78, 5) is 24.7. The van der Waals surface area contributed by atoms with Crippen LogP contribution >= 0.6 is 0 Å². The molecule has 138 valence electrons. The summed E-state index contributed by atoms with van der Waals surface area (Å²) in [6.45, 7) is 8.31. The first-order valence-electron chi connectivity index (χ1n) is 9.00. The minimum Gasteiger partial charge on any atom is -0.449 e. The lowest BCUT2D eigenvalue weighted by Gasteiger charge is -2.34. The summed E-state index contributed by atoms with van der Waals surface area (Å²) in [5, 5.41) is 0.900. The Balaban J connectivity index is 1.55. The summed E-state index contributed by atoms with van der Waals surface area (Å²) in [6, 6.07) is 5.89. The van der Waals surface area contributed by atoms with E-state index in [0.717, 1.165) is 50.3 Å². The molecule has 0 saturated carbocycles. The minimum atomic E-state index is -0.211. The van der Waals surface area contributed by atoms with E-state index >= 15 is 0 Å². The van der Waals surface area contributed by atoms with E-state index in [1.54, 1.807) is 7.11 Å². The number of fused-ring (bicyclic) bond motifs is 3. The maximum atomic E-state index is 12.4. The van der Waals surface area contributed by atoms with Crippen LogP contribution in [-0.4, -0.2) is 66.2 Å². The maximum Gasteiger partial charge on any atom is 0.294 e. The predicted molar refractivity (Wildman–Crippen MR) is 100 cm³/mol. The fraction of sp³-hybridized carbons (Fsp3) is 0.474. The zero-order valence-corrected chi connectivity index (χ0v) is 15.2. The quantitative estimate of drug-likeness (QED) is 0.751. The van der Waals surface area contributed by atoms with Crippen LogP contribution in [0.25, 0.3) is 22.1 Å². The highest BCUT2D eigenvalue weighted by molar-refractivity contribution is 6.02. The summed E-state index contributed by atoms with van der Waals surface area (Å²) < 4.78 is 10.8. The van der Waals surface area contributed by atoms with E-state index < -0.39 is 0 Å². The number of H-pyrrole nitrogens is 1. The molecule has 1 aliphatic rings. The normalized spacial score (nSPS) is 16.7. The molecule has 4 rings (SSSR count). The first-order valence-corrected chi connectivity index (χ1v) is 9.00. The lowest BCUT2D eigenvalue weighted by Crippen LogP contribution is -2.47. The van der Waals surface area contributed by atoms with Crippen LogP contribution in [0.1, 0.15) is 11.4 Å². The van der Waals surface area contributed by atoms with Crippen LogP contribution in [0.4, 0.5) is 0 Å². The number of piperazine rings is 1. The Hall–Kier alpha value is -2.22. The van der Waals surface area contributed by atoms with Gasteiger partial charge in [0.1, 0.15) is 16.9 Å². The zero-order valence-electron chi connectivity index (χ0n) is 15.2. The lowest BCUT2D eigenvalue weighted by molar-refractivity contribution is 0.0926. The van der Waals surface area contributed by atoms with E-state index in [1.807, 2.05) is 25.1 Å². The van der Waals surface area contributed by atoms with Crippen LogP contribution in [0, 0.1) is 6.92 Å². The third-order valence-corrected chi connectivity index (χ3v) is 4.98. The maximum absolute atomic E-state index is 12.4. The van der Waals surface area contributed by atoms with E-state index in [4.69, 9.17) is 14.1 Å². The summed E-state index contributed by atoms with van der Waals surface area (Å²) in [5.41, 5.74) is 2.57. The molecule has 1 saturated heterocycles. The second-order valence-electron chi connectivity index (χ2n) is 6.90. The summed E-state index contributed by atoms with van der Waals surface area (Å²) in [7, 11) is 1.73. The number of methoxy groups -OCH3 is 1. The van der Waals surface area contributed by atoms with Gasteiger partial charge >= 0.3 is 0 Å². The molecule has 1 fully saturated rings. The fourth-order valence-electron chi connectivity index (χ4n) is 3.49. The number of rotatable bonds is 5. The number of benzene rings is 1. The fourth-order valence-corrected chi connectivity index (χ4v) is 3.49. The highest BCUT2D eigenvalue weighted by atomic mass is 16.5. The summed E-state index contributed by atoms with van der Waals surface area (Å²) in [6.07, 6.45) is 0. The molecule has 3 heterocycles. The Labute approximate surface area is 151 Å². The van der Waals surface area contributed by atoms with E-state index in [9.17, 15) is 4.79 Å². The number of aromatic amines is 1. The van der Waals surface area contributed by atoms with Gasteiger partial charge in [-0.1, -0.05) is 11.6 Å². The number of aromatic nitrogens is 2. The predicted octanol–water partition coefficient (Wildman–Crippen LogP) is 1.74. The molecule has 0 amide bonds. The van der Waals surface area contributed by atoms with Crippen molar-refractivity contribution >= 4 is 22.1 Å². The number of aryl methyl sites for hydroxylation is 1. The topological polar surface area (TPSA) is 74.6 Å². The first kappa shape index (κ1) is 17.2. The minimum absolute atomic E-state index is 0.211. The lowest BCUT2D eigenvalue weighted by atomic mass is 10.2. The average molecular weight is 356 g/mol. The van der Waals surface area contributed by atoms with Gasteiger partial charge in [-0.05, 0) is 19.1 Å². The standard InChI is InChI=1S/C19H24N4O3/c1-13-3-4-15-14(11-13)17-18(26-15)19(24)21-16(20-17)12-23-7-5-22(6-8-23)9-10-25-2/h3-4,11H,5-10,12H2,1-2H3,(H,20,21,24). The Kier molecular flexibility index (Phi) is 4.76. The van der Waals surface area contributed by atoms with Gasteiger partial charge in [0, 0.05) is 45.2 Å². The molecule has 0 spiro atoms. The number of nitrogens with zero attached hydrogens (tertiary/aromatic N) is 3. The Bertz CT molecular complexity index is 970. The van der Waals surface area contributed by atoms with Crippen molar-refractivity contribution in [1.82, 2.24) is 19.8 Å². The molecule has 7 nitrogen and oxygen atoms in total. The largest absolute Gasteiger partial charge is 0.449 e. The Morgan fingerprint density at radius 3 is 2.77 bits per heavy atom. The van der Waals surface area contributed by atoms with Gasteiger partial charge in [0.15, 0.2) is 0 Å². The number of ether oxygens (including phenoxy) is 1. The van der Waals surface area contributed by atoms with Gasteiger partial charge < -0.3 is 14.1 Å². The summed E-state index contributed by atoms with van der Waals surface area (Å²) in [5.74, 6) is 0.692. The molecule has 0 aliphatic carbocycles.